The van der Waals surface area contributed by atoms with Crippen LogP contribution in [0.3, 0.4) is 0 Å². The van der Waals surface area contributed by atoms with E-state index in [9.17, 15) is 4.79 Å². The molecule has 2 aromatic rings. The minimum Gasteiger partial charge on any atom is -0.289 e. The predicted molar refractivity (Wildman–Crippen MR) is 70.9 cm³/mol. The Morgan fingerprint density at radius 3 is 2.76 bits per heavy atom. The van der Waals surface area contributed by atoms with Gasteiger partial charge in [-0.25, -0.2) is 0 Å². The van der Waals surface area contributed by atoms with Gasteiger partial charge in [0.1, 0.15) is 0 Å². The molecule has 0 bridgehead atoms. The highest BCUT2D eigenvalue weighted by Gasteiger charge is 2.23. The molecule has 0 saturated heterocycles. The Kier molecular flexibility index (Phi) is 2.69. The summed E-state index contributed by atoms with van der Waals surface area (Å²) < 4.78 is 0. The second-order valence-electron chi connectivity index (χ2n) is 3.89. The quantitative estimate of drug-likeness (QED) is 0.707. The second-order valence-corrected chi connectivity index (χ2v) is 5.31. The number of carbonyl (C=O) groups excluding carboxylic acids is 1. The van der Waals surface area contributed by atoms with E-state index in [0.717, 1.165) is 21.8 Å². The molecule has 0 amide bonds. The lowest BCUT2D eigenvalue weighted by Crippen LogP contribution is -2.04. The molecule has 0 unspecified atom stereocenters. The molecule has 1 nitrogen and oxygen atoms in total. The number of carbonyl (C=O) groups is 1. The van der Waals surface area contributed by atoms with Gasteiger partial charge in [-0.05, 0) is 23.8 Å². The van der Waals surface area contributed by atoms with E-state index in [1.165, 1.54) is 0 Å². The van der Waals surface area contributed by atoms with Crippen LogP contribution < -0.4 is 0 Å². The summed E-state index contributed by atoms with van der Waals surface area (Å²) in [5.74, 6) is 0.824. The molecule has 0 fully saturated rings. The van der Waals surface area contributed by atoms with Gasteiger partial charge in [-0.2, -0.15) is 0 Å². The summed E-state index contributed by atoms with van der Waals surface area (Å²) in [4.78, 5) is 13.5. The molecule has 0 N–H and O–H groups in total. The minimum atomic E-state index is 0.0335. The largest absolute Gasteiger partial charge is 0.289 e. The van der Waals surface area contributed by atoms with E-state index in [1.807, 2.05) is 36.4 Å². The van der Waals surface area contributed by atoms with Crippen LogP contribution in [-0.2, 0) is 5.75 Å². The van der Waals surface area contributed by atoms with Crippen molar-refractivity contribution in [2.45, 2.75) is 10.6 Å². The van der Waals surface area contributed by atoms with Crippen molar-refractivity contribution in [3.05, 3.63) is 64.2 Å². The number of fused-ring (bicyclic) bond motifs is 2. The molecule has 0 saturated carbocycles. The van der Waals surface area contributed by atoms with E-state index < -0.39 is 0 Å². The molecular formula is C14H9ClOS. The van der Waals surface area contributed by atoms with E-state index in [4.69, 9.17) is 11.6 Å². The Bertz CT molecular complexity index is 607. The van der Waals surface area contributed by atoms with Crippen LogP contribution in [-0.4, -0.2) is 5.78 Å². The van der Waals surface area contributed by atoms with Crippen LogP contribution in [0.4, 0.5) is 0 Å². The lowest BCUT2D eigenvalue weighted by molar-refractivity contribution is 0.103. The molecule has 0 spiro atoms. The van der Waals surface area contributed by atoms with Crippen LogP contribution in [0.2, 0.25) is 5.02 Å². The molecule has 1 aliphatic heterocycles. The van der Waals surface area contributed by atoms with Crippen LogP contribution in [0.15, 0.2) is 47.4 Å². The normalized spacial score (nSPS) is 13.8. The number of halogens is 1. The average Bonchev–Trinajstić information content (AvgIpc) is 2.49. The maximum atomic E-state index is 12.5. The minimum absolute atomic E-state index is 0.0335. The zero-order valence-electron chi connectivity index (χ0n) is 8.94. The summed E-state index contributed by atoms with van der Waals surface area (Å²) in [5.41, 5.74) is 2.43. The van der Waals surface area contributed by atoms with E-state index >= 15 is 0 Å². The van der Waals surface area contributed by atoms with Gasteiger partial charge in [-0.1, -0.05) is 35.9 Å². The molecule has 3 heteroatoms. The van der Waals surface area contributed by atoms with Crippen LogP contribution >= 0.6 is 23.4 Å². The summed E-state index contributed by atoms with van der Waals surface area (Å²) in [6.07, 6.45) is 0. The van der Waals surface area contributed by atoms with E-state index in [0.29, 0.717) is 10.6 Å². The lowest BCUT2D eigenvalue weighted by Gasteiger charge is -2.06. The van der Waals surface area contributed by atoms with Gasteiger partial charge in [0.15, 0.2) is 5.78 Å². The summed E-state index contributed by atoms with van der Waals surface area (Å²) in [6, 6.07) is 13.3. The van der Waals surface area contributed by atoms with Crippen LogP contribution in [0, 0.1) is 0 Å². The Morgan fingerprint density at radius 1 is 1.06 bits per heavy atom. The molecule has 3 rings (SSSR count). The first-order valence-electron chi connectivity index (χ1n) is 5.31. The molecule has 0 aliphatic carbocycles. The fourth-order valence-corrected chi connectivity index (χ4v) is 3.34. The maximum Gasteiger partial charge on any atom is 0.195 e. The zero-order chi connectivity index (χ0) is 11.8. The number of rotatable bonds is 0. The molecule has 1 heterocycles. The van der Waals surface area contributed by atoms with Gasteiger partial charge in [-0.3, -0.25) is 4.79 Å². The smallest absolute Gasteiger partial charge is 0.195 e. The van der Waals surface area contributed by atoms with Gasteiger partial charge in [0.05, 0.1) is 5.02 Å². The Hall–Kier alpha value is -1.25. The molecule has 1 aliphatic rings. The van der Waals surface area contributed by atoms with Gasteiger partial charge < -0.3 is 0 Å². The molecule has 84 valence electrons. The summed E-state index contributed by atoms with van der Waals surface area (Å²) in [5, 5.41) is 0.546. The molecule has 0 atom stereocenters. The molecule has 2 aromatic carbocycles. The van der Waals surface area contributed by atoms with Gasteiger partial charge in [0.2, 0.25) is 0 Å². The Balaban J connectivity index is 2.26. The van der Waals surface area contributed by atoms with Crippen molar-refractivity contribution in [2.75, 3.05) is 0 Å². The fourth-order valence-electron chi connectivity index (χ4n) is 2.01. The predicted octanol–water partition coefficient (Wildman–Crippen LogP) is 4.18. The number of thioether (sulfide) groups is 1. The fraction of sp³-hybridized carbons (Fsp3) is 0.0714. The standard InChI is InChI=1S/C14H9ClOS/c15-11-6-3-4-9-8-17-12-7-2-1-5-10(12)14(16)13(9)11/h1-7H,8H2. The highest BCUT2D eigenvalue weighted by molar-refractivity contribution is 7.98. The summed E-state index contributed by atoms with van der Waals surface area (Å²) in [6.45, 7) is 0. The van der Waals surface area contributed by atoms with Crippen LogP contribution in [0.5, 0.6) is 0 Å². The van der Waals surface area contributed by atoms with Crippen molar-refractivity contribution in [1.82, 2.24) is 0 Å². The van der Waals surface area contributed by atoms with Crippen molar-refractivity contribution in [1.29, 1.82) is 0 Å². The molecule has 0 radical (unpaired) electrons. The van der Waals surface area contributed by atoms with Crippen LogP contribution in [0.25, 0.3) is 0 Å². The lowest BCUT2D eigenvalue weighted by atomic mass is 9.99. The number of hydrogen-bond donors (Lipinski definition) is 0. The van der Waals surface area contributed by atoms with Crippen molar-refractivity contribution in [2.24, 2.45) is 0 Å². The third-order valence-electron chi connectivity index (χ3n) is 2.84. The van der Waals surface area contributed by atoms with Crippen molar-refractivity contribution in [3.8, 4) is 0 Å². The number of ketones is 1. The topological polar surface area (TPSA) is 17.1 Å². The van der Waals surface area contributed by atoms with Gasteiger partial charge in [0, 0.05) is 21.8 Å². The Morgan fingerprint density at radius 2 is 1.88 bits per heavy atom. The summed E-state index contributed by atoms with van der Waals surface area (Å²) in [7, 11) is 0. The second kappa shape index (κ2) is 4.21. The third kappa shape index (κ3) is 1.78. The van der Waals surface area contributed by atoms with Crippen LogP contribution in [0.1, 0.15) is 21.5 Å². The highest BCUT2D eigenvalue weighted by Crippen LogP contribution is 2.35. The first-order chi connectivity index (χ1) is 8.27. The van der Waals surface area contributed by atoms with Crippen molar-refractivity contribution >= 4 is 29.1 Å². The van der Waals surface area contributed by atoms with Gasteiger partial charge >= 0.3 is 0 Å². The summed E-state index contributed by atoms with van der Waals surface area (Å²) >= 11 is 7.83. The molecule has 17 heavy (non-hydrogen) atoms. The first-order valence-corrected chi connectivity index (χ1v) is 6.67. The Labute approximate surface area is 109 Å². The molecule has 0 aromatic heterocycles. The van der Waals surface area contributed by atoms with Crippen molar-refractivity contribution in [3.63, 3.8) is 0 Å². The SMILES string of the molecule is O=C1c2ccccc2SCc2cccc(Cl)c21. The van der Waals surface area contributed by atoms with E-state index in [-0.39, 0.29) is 5.78 Å². The number of hydrogen-bond acceptors (Lipinski definition) is 2. The number of benzene rings is 2. The first kappa shape index (κ1) is 10.9. The third-order valence-corrected chi connectivity index (χ3v) is 4.28. The molecular weight excluding hydrogens is 252 g/mol. The van der Waals surface area contributed by atoms with Gasteiger partial charge in [0.25, 0.3) is 0 Å². The maximum absolute atomic E-state index is 12.5. The highest BCUT2D eigenvalue weighted by atomic mass is 35.5. The van der Waals surface area contributed by atoms with E-state index in [1.54, 1.807) is 17.8 Å². The zero-order valence-corrected chi connectivity index (χ0v) is 10.5. The van der Waals surface area contributed by atoms with Crippen molar-refractivity contribution < 1.29 is 4.79 Å². The average molecular weight is 261 g/mol. The monoisotopic (exact) mass is 260 g/mol. The van der Waals surface area contributed by atoms with E-state index in [2.05, 4.69) is 0 Å². The van der Waals surface area contributed by atoms with Gasteiger partial charge in [-0.15, -0.1) is 11.8 Å².